The minimum Gasteiger partial charge on any atom is -0.507 e. The van der Waals surface area contributed by atoms with Gasteiger partial charge in [-0.25, -0.2) is 4.39 Å². The van der Waals surface area contributed by atoms with Crippen molar-refractivity contribution >= 4 is 17.5 Å². The van der Waals surface area contributed by atoms with E-state index in [4.69, 9.17) is 5.11 Å². The quantitative estimate of drug-likeness (QED) is 0.782. The molecule has 0 aliphatic heterocycles. The number of halogens is 1. The highest BCUT2D eigenvalue weighted by molar-refractivity contribution is 7.99. The van der Waals surface area contributed by atoms with Crippen LogP contribution in [0.3, 0.4) is 0 Å². The lowest BCUT2D eigenvalue weighted by Crippen LogP contribution is -2.02. The molecule has 18 heavy (non-hydrogen) atoms. The van der Waals surface area contributed by atoms with Gasteiger partial charge >= 0.3 is 0 Å². The fourth-order valence-electron chi connectivity index (χ4n) is 1.53. The molecule has 0 aliphatic rings. The second kappa shape index (κ2) is 6.75. The third kappa shape index (κ3) is 3.99. The summed E-state index contributed by atoms with van der Waals surface area (Å²) in [5.41, 5.74) is 0.426. The van der Waals surface area contributed by atoms with Crippen molar-refractivity contribution in [1.29, 1.82) is 0 Å². The molecule has 100 valence electrons. The van der Waals surface area contributed by atoms with Crippen LogP contribution in [0.4, 0.5) is 4.39 Å². The van der Waals surface area contributed by atoms with Gasteiger partial charge in [0.15, 0.2) is 5.78 Å². The zero-order chi connectivity index (χ0) is 13.7. The van der Waals surface area contributed by atoms with E-state index in [0.717, 1.165) is 6.07 Å². The Morgan fingerprint density at radius 3 is 2.72 bits per heavy atom. The van der Waals surface area contributed by atoms with Crippen LogP contribution in [0, 0.1) is 5.82 Å². The highest BCUT2D eigenvalue weighted by Crippen LogP contribution is 2.30. The number of aliphatic hydroxyl groups is 1. The number of Topliss-reactive ketones (excluding diaryl/α,β-unsaturated/α-hetero) is 1. The third-order valence-corrected chi connectivity index (χ3v) is 3.87. The van der Waals surface area contributed by atoms with Gasteiger partial charge < -0.3 is 10.2 Å². The number of thioether (sulfide) groups is 1. The maximum absolute atomic E-state index is 13.3. The predicted molar refractivity (Wildman–Crippen MR) is 70.5 cm³/mol. The van der Waals surface area contributed by atoms with Crippen molar-refractivity contribution in [1.82, 2.24) is 0 Å². The average Bonchev–Trinajstić information content (AvgIpc) is 2.30. The summed E-state index contributed by atoms with van der Waals surface area (Å²) >= 11 is 1.50. The van der Waals surface area contributed by atoms with Gasteiger partial charge in [-0.1, -0.05) is 6.92 Å². The Balaban J connectivity index is 2.85. The van der Waals surface area contributed by atoms with Crippen LogP contribution < -0.4 is 0 Å². The Morgan fingerprint density at radius 2 is 2.17 bits per heavy atom. The van der Waals surface area contributed by atoms with Crippen molar-refractivity contribution in [2.24, 2.45) is 0 Å². The molecule has 0 heterocycles. The van der Waals surface area contributed by atoms with Crippen LogP contribution >= 0.6 is 11.8 Å². The Labute approximate surface area is 110 Å². The number of phenols is 1. The molecule has 1 rings (SSSR count). The lowest BCUT2D eigenvalue weighted by Gasteiger charge is -2.12. The summed E-state index contributed by atoms with van der Waals surface area (Å²) in [5.74, 6) is -0.622. The smallest absolute Gasteiger partial charge is 0.163 e. The first-order chi connectivity index (χ1) is 8.45. The molecule has 0 saturated carbocycles. The Bertz CT molecular complexity index is 434. The number of carbonyl (C=O) groups is 1. The van der Waals surface area contributed by atoms with E-state index in [1.54, 1.807) is 0 Å². The number of rotatable bonds is 6. The van der Waals surface area contributed by atoms with Crippen LogP contribution in [-0.4, -0.2) is 27.9 Å². The largest absolute Gasteiger partial charge is 0.507 e. The summed E-state index contributed by atoms with van der Waals surface area (Å²) in [4.78, 5) is 11.2. The number of phenolic OH excluding ortho intramolecular Hbond substituents is 1. The summed E-state index contributed by atoms with van der Waals surface area (Å²) in [6.07, 6.45) is 0.639. The van der Waals surface area contributed by atoms with Crippen molar-refractivity contribution in [3.05, 3.63) is 29.1 Å². The third-order valence-electron chi connectivity index (χ3n) is 2.59. The molecule has 1 unspecified atom stereocenters. The molecular weight excluding hydrogens is 255 g/mol. The van der Waals surface area contributed by atoms with Crippen LogP contribution in [-0.2, 0) is 5.75 Å². The SMILES string of the molecule is CC(=O)c1cc(F)cc(CSC(C)CCO)c1O. The molecule has 5 heteroatoms. The molecule has 1 atom stereocenters. The zero-order valence-electron chi connectivity index (χ0n) is 10.4. The van der Waals surface area contributed by atoms with E-state index in [1.807, 2.05) is 6.92 Å². The Morgan fingerprint density at radius 1 is 1.50 bits per heavy atom. The zero-order valence-corrected chi connectivity index (χ0v) is 11.3. The summed E-state index contributed by atoms with van der Waals surface area (Å²) < 4.78 is 13.3. The number of ketones is 1. The van der Waals surface area contributed by atoms with Gasteiger partial charge in [0.25, 0.3) is 0 Å². The first-order valence-electron chi connectivity index (χ1n) is 5.70. The molecule has 1 aromatic carbocycles. The molecule has 0 saturated heterocycles. The normalized spacial score (nSPS) is 12.4. The average molecular weight is 272 g/mol. The van der Waals surface area contributed by atoms with Crippen LogP contribution in [0.25, 0.3) is 0 Å². The highest BCUT2D eigenvalue weighted by atomic mass is 32.2. The summed E-state index contributed by atoms with van der Waals surface area (Å²) in [6.45, 7) is 3.34. The number of aliphatic hydroxyl groups excluding tert-OH is 1. The maximum Gasteiger partial charge on any atom is 0.163 e. The molecule has 1 aromatic rings. The lowest BCUT2D eigenvalue weighted by atomic mass is 10.1. The van der Waals surface area contributed by atoms with Crippen LogP contribution in [0.15, 0.2) is 12.1 Å². The van der Waals surface area contributed by atoms with Crippen molar-refractivity contribution in [3.63, 3.8) is 0 Å². The molecule has 0 radical (unpaired) electrons. The fourth-order valence-corrected chi connectivity index (χ4v) is 2.49. The molecule has 0 aliphatic carbocycles. The first-order valence-corrected chi connectivity index (χ1v) is 6.75. The minimum atomic E-state index is -0.525. The lowest BCUT2D eigenvalue weighted by molar-refractivity contribution is 0.101. The predicted octanol–water partition coefficient (Wildman–Crippen LogP) is 2.74. The second-order valence-electron chi connectivity index (χ2n) is 4.15. The van der Waals surface area contributed by atoms with E-state index >= 15 is 0 Å². The van der Waals surface area contributed by atoms with Crippen molar-refractivity contribution in [2.45, 2.75) is 31.3 Å². The van der Waals surface area contributed by atoms with Gasteiger partial charge in [-0.05, 0) is 25.5 Å². The fraction of sp³-hybridized carbons (Fsp3) is 0.462. The topological polar surface area (TPSA) is 57.5 Å². The van der Waals surface area contributed by atoms with Gasteiger partial charge in [0.1, 0.15) is 11.6 Å². The van der Waals surface area contributed by atoms with Gasteiger partial charge in [-0.15, -0.1) is 0 Å². The maximum atomic E-state index is 13.3. The molecule has 0 spiro atoms. The number of hydrogen-bond acceptors (Lipinski definition) is 4. The van der Waals surface area contributed by atoms with E-state index in [1.165, 1.54) is 24.8 Å². The van der Waals surface area contributed by atoms with Crippen LogP contribution in [0.1, 0.15) is 36.2 Å². The number of hydrogen-bond donors (Lipinski definition) is 2. The molecule has 0 amide bonds. The molecule has 0 bridgehead atoms. The molecular formula is C13H17FO3S. The minimum absolute atomic E-state index is 0.0143. The van der Waals surface area contributed by atoms with Gasteiger partial charge in [-0.3, -0.25) is 4.79 Å². The van der Waals surface area contributed by atoms with E-state index in [2.05, 4.69) is 0 Å². The monoisotopic (exact) mass is 272 g/mol. The van der Waals surface area contributed by atoms with Crippen molar-refractivity contribution in [2.75, 3.05) is 6.61 Å². The van der Waals surface area contributed by atoms with Gasteiger partial charge in [-0.2, -0.15) is 11.8 Å². The Hall–Kier alpha value is -1.07. The standard InChI is InChI=1S/C13H17FO3S/c1-8(3-4-15)18-7-10-5-11(14)6-12(9(2)16)13(10)17/h5-6,8,15,17H,3-4,7H2,1-2H3. The van der Waals surface area contributed by atoms with E-state index in [0.29, 0.717) is 17.7 Å². The second-order valence-corrected chi connectivity index (χ2v) is 5.58. The summed E-state index contributed by atoms with van der Waals surface area (Å²) in [5, 5.41) is 18.9. The van der Waals surface area contributed by atoms with Gasteiger partial charge in [0, 0.05) is 23.2 Å². The van der Waals surface area contributed by atoms with Crippen LogP contribution in [0.2, 0.25) is 0 Å². The molecule has 0 fully saturated rings. The molecule has 3 nitrogen and oxygen atoms in total. The van der Waals surface area contributed by atoms with E-state index < -0.39 is 5.82 Å². The number of aromatic hydroxyl groups is 1. The van der Waals surface area contributed by atoms with E-state index in [9.17, 15) is 14.3 Å². The molecule has 0 aromatic heterocycles. The van der Waals surface area contributed by atoms with E-state index in [-0.39, 0.29) is 29.0 Å². The number of carbonyl (C=O) groups excluding carboxylic acids is 1. The number of benzene rings is 1. The summed E-state index contributed by atoms with van der Waals surface area (Å²) in [6, 6.07) is 2.28. The van der Waals surface area contributed by atoms with Gasteiger partial charge in [0.2, 0.25) is 0 Å². The van der Waals surface area contributed by atoms with Crippen molar-refractivity contribution < 1.29 is 19.4 Å². The first kappa shape index (κ1) is 15.0. The highest BCUT2D eigenvalue weighted by Gasteiger charge is 2.14. The molecule has 2 N–H and O–H groups in total. The summed E-state index contributed by atoms with van der Waals surface area (Å²) in [7, 11) is 0. The van der Waals surface area contributed by atoms with Crippen LogP contribution in [0.5, 0.6) is 5.75 Å². The van der Waals surface area contributed by atoms with Crippen molar-refractivity contribution in [3.8, 4) is 5.75 Å². The van der Waals surface area contributed by atoms with Gasteiger partial charge in [0.05, 0.1) is 5.56 Å². The Kier molecular flexibility index (Phi) is 5.62.